The van der Waals surface area contributed by atoms with E-state index < -0.39 is 0 Å². The first kappa shape index (κ1) is 30.5. The van der Waals surface area contributed by atoms with E-state index in [1.54, 1.807) is 7.11 Å². The lowest BCUT2D eigenvalue weighted by molar-refractivity contribution is 0.288. The third-order valence-electron chi connectivity index (χ3n) is 7.81. The van der Waals surface area contributed by atoms with Gasteiger partial charge in [-0.25, -0.2) is 0 Å². The monoisotopic (exact) mass is 584 g/mol. The molecule has 0 aliphatic rings. The first-order chi connectivity index (χ1) is 21.5. The number of hydrogen-bond acceptors (Lipinski definition) is 4. The molecule has 4 heteroatoms. The lowest BCUT2D eigenvalue weighted by Gasteiger charge is -2.20. The van der Waals surface area contributed by atoms with Crippen LogP contribution < -0.4 is 18.9 Å². The highest BCUT2D eigenvalue weighted by molar-refractivity contribution is 5.69. The summed E-state index contributed by atoms with van der Waals surface area (Å²) in [5, 5.41) is 0. The highest BCUT2D eigenvalue weighted by Crippen LogP contribution is 2.39. The summed E-state index contributed by atoms with van der Waals surface area (Å²) >= 11 is 0. The second-order valence-electron chi connectivity index (χ2n) is 10.8. The summed E-state index contributed by atoms with van der Waals surface area (Å²) in [5.41, 5.74) is 8.69. The minimum atomic E-state index is 0.478. The van der Waals surface area contributed by atoms with Crippen LogP contribution in [-0.2, 0) is 26.2 Å². The molecule has 44 heavy (non-hydrogen) atoms. The van der Waals surface area contributed by atoms with E-state index in [0.717, 1.165) is 67.5 Å². The minimum Gasteiger partial charge on any atom is -0.496 e. The van der Waals surface area contributed by atoms with Gasteiger partial charge in [-0.05, 0) is 66.6 Å². The molecule has 0 fully saturated rings. The Morgan fingerprint density at radius 2 is 1.07 bits per heavy atom. The van der Waals surface area contributed by atoms with Crippen molar-refractivity contribution in [2.45, 2.75) is 47.0 Å². The van der Waals surface area contributed by atoms with Crippen molar-refractivity contribution in [1.29, 1.82) is 0 Å². The molecule has 5 rings (SSSR count). The maximum Gasteiger partial charge on any atom is 0.129 e. The Morgan fingerprint density at radius 1 is 0.545 bits per heavy atom. The van der Waals surface area contributed by atoms with Crippen LogP contribution in [0.25, 0.3) is 6.08 Å². The minimum absolute atomic E-state index is 0.478. The van der Waals surface area contributed by atoms with Crippen molar-refractivity contribution in [3.63, 3.8) is 0 Å². The molecule has 0 bridgehead atoms. The van der Waals surface area contributed by atoms with Crippen LogP contribution in [0.5, 0.6) is 23.0 Å². The molecule has 0 saturated carbocycles. The summed E-state index contributed by atoms with van der Waals surface area (Å²) < 4.78 is 24.8. The number of allylic oxidation sites excluding steroid dienone is 1. The van der Waals surface area contributed by atoms with Gasteiger partial charge in [0.2, 0.25) is 0 Å². The van der Waals surface area contributed by atoms with Gasteiger partial charge in [0, 0.05) is 17.2 Å². The molecule has 224 valence electrons. The molecular formula is C40H40O4. The van der Waals surface area contributed by atoms with Crippen molar-refractivity contribution in [2.24, 2.45) is 0 Å². The van der Waals surface area contributed by atoms with E-state index in [-0.39, 0.29) is 0 Å². The molecule has 0 radical (unpaired) electrons. The van der Waals surface area contributed by atoms with Crippen molar-refractivity contribution < 1.29 is 18.9 Å². The second-order valence-corrected chi connectivity index (χ2v) is 10.8. The Balaban J connectivity index is 1.38. The van der Waals surface area contributed by atoms with E-state index in [1.807, 2.05) is 66.7 Å². The summed E-state index contributed by atoms with van der Waals surface area (Å²) in [6.07, 6.45) is 4.98. The molecule has 0 saturated heterocycles. The highest BCUT2D eigenvalue weighted by Gasteiger charge is 2.18. The molecule has 0 spiro atoms. The van der Waals surface area contributed by atoms with Crippen LogP contribution in [-0.4, -0.2) is 7.11 Å². The highest BCUT2D eigenvalue weighted by atomic mass is 16.5. The van der Waals surface area contributed by atoms with Gasteiger partial charge in [-0.1, -0.05) is 109 Å². The van der Waals surface area contributed by atoms with Gasteiger partial charge in [0.15, 0.2) is 0 Å². The van der Waals surface area contributed by atoms with Gasteiger partial charge in [-0.15, -0.1) is 0 Å². The molecular weight excluding hydrogens is 544 g/mol. The van der Waals surface area contributed by atoms with Crippen LogP contribution in [0.4, 0.5) is 0 Å². The van der Waals surface area contributed by atoms with Gasteiger partial charge < -0.3 is 18.9 Å². The molecule has 0 aliphatic carbocycles. The van der Waals surface area contributed by atoms with Gasteiger partial charge in [0.25, 0.3) is 0 Å². The van der Waals surface area contributed by atoms with E-state index in [9.17, 15) is 0 Å². The zero-order valence-electron chi connectivity index (χ0n) is 26.0. The zero-order valence-corrected chi connectivity index (χ0v) is 26.0. The number of ether oxygens (including phenoxy) is 4. The van der Waals surface area contributed by atoms with Crippen LogP contribution in [0.15, 0.2) is 115 Å². The Hall–Kier alpha value is -4.96. The molecule has 5 aromatic carbocycles. The summed E-state index contributed by atoms with van der Waals surface area (Å²) in [4.78, 5) is 0. The normalized spacial score (nSPS) is 11.0. The number of benzene rings is 5. The summed E-state index contributed by atoms with van der Waals surface area (Å²) in [6, 6.07) is 36.7. The largest absolute Gasteiger partial charge is 0.496 e. The Kier molecular flexibility index (Phi) is 10.4. The molecule has 0 amide bonds. The first-order valence-corrected chi connectivity index (χ1v) is 15.0. The third kappa shape index (κ3) is 7.70. The molecule has 0 atom stereocenters. The van der Waals surface area contributed by atoms with Crippen LogP contribution in [0.2, 0.25) is 0 Å². The van der Waals surface area contributed by atoms with Crippen LogP contribution in [0.3, 0.4) is 0 Å². The van der Waals surface area contributed by atoms with Crippen molar-refractivity contribution in [1.82, 2.24) is 0 Å². The van der Waals surface area contributed by atoms with Crippen molar-refractivity contribution >= 4 is 6.08 Å². The van der Waals surface area contributed by atoms with Crippen LogP contribution >= 0.6 is 0 Å². The quantitative estimate of drug-likeness (QED) is 0.138. The van der Waals surface area contributed by atoms with E-state index in [0.29, 0.717) is 26.2 Å². The topological polar surface area (TPSA) is 36.9 Å². The van der Waals surface area contributed by atoms with Crippen LogP contribution in [0, 0.1) is 20.8 Å². The molecule has 0 N–H and O–H groups in total. The molecule has 0 aliphatic heterocycles. The predicted molar refractivity (Wildman–Crippen MR) is 179 cm³/mol. The third-order valence-corrected chi connectivity index (χ3v) is 7.81. The summed E-state index contributed by atoms with van der Waals surface area (Å²) in [7, 11) is 1.73. The Labute approximate surface area is 261 Å². The predicted octanol–water partition coefficient (Wildman–Crippen LogP) is 9.61. The van der Waals surface area contributed by atoms with Gasteiger partial charge in [0.1, 0.15) is 42.8 Å². The maximum atomic E-state index is 6.38. The second kappa shape index (κ2) is 15.0. The van der Waals surface area contributed by atoms with E-state index in [4.69, 9.17) is 18.9 Å². The smallest absolute Gasteiger partial charge is 0.129 e. The average Bonchev–Trinajstić information content (AvgIpc) is 3.07. The standard InChI is InChI=1S/C40H40O4/c1-29-30(2)40(41-4)37(31(3)39(29)44-28-34-19-12-7-13-20-34)22-14-21-35-23-24-36(42-26-32-15-8-5-9-16-32)25-38(35)43-27-33-17-10-6-11-18-33/h5-20,22-25H,21,26-28H2,1-4H3. The summed E-state index contributed by atoms with van der Waals surface area (Å²) in [5.74, 6) is 3.35. The fourth-order valence-electron chi connectivity index (χ4n) is 5.23. The van der Waals surface area contributed by atoms with E-state index >= 15 is 0 Å². The number of methoxy groups -OCH3 is 1. The zero-order chi connectivity index (χ0) is 30.7. The van der Waals surface area contributed by atoms with Gasteiger partial charge >= 0.3 is 0 Å². The number of hydrogen-bond donors (Lipinski definition) is 0. The molecule has 0 heterocycles. The lowest BCUT2D eigenvalue weighted by Crippen LogP contribution is -2.04. The van der Waals surface area contributed by atoms with Gasteiger partial charge in [0.05, 0.1) is 7.11 Å². The molecule has 4 nitrogen and oxygen atoms in total. The molecule has 5 aromatic rings. The van der Waals surface area contributed by atoms with Crippen molar-refractivity contribution in [2.75, 3.05) is 7.11 Å². The van der Waals surface area contributed by atoms with Gasteiger partial charge in [-0.3, -0.25) is 0 Å². The first-order valence-electron chi connectivity index (χ1n) is 15.0. The Morgan fingerprint density at radius 3 is 1.64 bits per heavy atom. The van der Waals surface area contributed by atoms with Crippen molar-refractivity contribution in [3.8, 4) is 23.0 Å². The van der Waals surface area contributed by atoms with Gasteiger partial charge in [-0.2, -0.15) is 0 Å². The fraction of sp³-hybridized carbons (Fsp3) is 0.200. The molecule has 0 unspecified atom stereocenters. The molecule has 0 aromatic heterocycles. The van der Waals surface area contributed by atoms with E-state index in [1.165, 1.54) is 0 Å². The number of rotatable bonds is 13. The average molecular weight is 585 g/mol. The SMILES string of the molecule is COc1c(C)c(C)c(OCc2ccccc2)c(C)c1C=CCc1ccc(OCc2ccccc2)cc1OCc1ccccc1. The van der Waals surface area contributed by atoms with Crippen LogP contribution in [0.1, 0.15) is 44.5 Å². The maximum absolute atomic E-state index is 6.38. The summed E-state index contributed by atoms with van der Waals surface area (Å²) in [6.45, 7) is 7.77. The van der Waals surface area contributed by atoms with E-state index in [2.05, 4.69) is 75.4 Å². The lowest BCUT2D eigenvalue weighted by atomic mass is 9.96. The fourth-order valence-corrected chi connectivity index (χ4v) is 5.23. The Bertz CT molecular complexity index is 1680. The van der Waals surface area contributed by atoms with Crippen molar-refractivity contribution in [3.05, 3.63) is 160 Å².